The molecular weight excluding hydrogens is 242 g/mol. The lowest BCUT2D eigenvalue weighted by molar-refractivity contribution is 0.289. The second kappa shape index (κ2) is 5.63. The first kappa shape index (κ1) is 13.4. The third-order valence-electron chi connectivity index (χ3n) is 2.06. The van der Waals surface area contributed by atoms with E-state index in [-0.39, 0.29) is 23.7 Å². The summed E-state index contributed by atoms with van der Waals surface area (Å²) in [5.74, 6) is 0. The monoisotopic (exact) mass is 255 g/mol. The SMILES string of the molecule is N#Cc1ccc(S(=O)(=O)NCCCO)c(N)c1. The highest BCUT2D eigenvalue weighted by Crippen LogP contribution is 2.19. The Morgan fingerprint density at radius 1 is 1.47 bits per heavy atom. The van der Waals surface area contributed by atoms with Crippen LogP contribution in [0.25, 0.3) is 0 Å². The lowest BCUT2D eigenvalue weighted by Gasteiger charge is -2.08. The Kier molecular flexibility index (Phi) is 4.45. The maximum Gasteiger partial charge on any atom is 0.242 e. The maximum absolute atomic E-state index is 11.8. The van der Waals surface area contributed by atoms with Gasteiger partial charge in [-0.15, -0.1) is 0 Å². The number of anilines is 1. The molecule has 0 spiro atoms. The molecule has 0 aliphatic carbocycles. The minimum atomic E-state index is -3.68. The summed E-state index contributed by atoms with van der Waals surface area (Å²) in [7, 11) is -3.68. The molecule has 0 aliphatic rings. The van der Waals surface area contributed by atoms with Crippen LogP contribution in [0.4, 0.5) is 5.69 Å². The second-order valence-corrected chi connectivity index (χ2v) is 5.07. The van der Waals surface area contributed by atoms with Crippen molar-refractivity contribution in [2.75, 3.05) is 18.9 Å². The Morgan fingerprint density at radius 3 is 2.71 bits per heavy atom. The van der Waals surface area contributed by atoms with Gasteiger partial charge in [0.2, 0.25) is 10.0 Å². The molecule has 1 aromatic carbocycles. The Hall–Kier alpha value is -1.62. The van der Waals surface area contributed by atoms with Crippen LogP contribution in [0, 0.1) is 11.3 Å². The summed E-state index contributed by atoms with van der Waals surface area (Å²) in [6, 6.07) is 5.85. The van der Waals surface area contributed by atoms with Crippen LogP contribution in [0.15, 0.2) is 23.1 Å². The minimum Gasteiger partial charge on any atom is -0.398 e. The van der Waals surface area contributed by atoms with Crippen LogP contribution in [0.2, 0.25) is 0 Å². The number of nitriles is 1. The molecule has 0 unspecified atom stereocenters. The van der Waals surface area contributed by atoms with Crippen LogP contribution in [0.5, 0.6) is 0 Å². The molecule has 1 rings (SSSR count). The molecule has 0 fully saturated rings. The zero-order valence-electron chi connectivity index (χ0n) is 9.05. The summed E-state index contributed by atoms with van der Waals surface area (Å²) < 4.78 is 25.8. The molecule has 0 heterocycles. The van der Waals surface area contributed by atoms with Gasteiger partial charge in [0, 0.05) is 13.2 Å². The van der Waals surface area contributed by atoms with Gasteiger partial charge in [0.25, 0.3) is 0 Å². The molecular formula is C10H13N3O3S. The smallest absolute Gasteiger partial charge is 0.242 e. The van der Waals surface area contributed by atoms with E-state index in [1.165, 1.54) is 18.2 Å². The molecule has 0 radical (unpaired) electrons. The average molecular weight is 255 g/mol. The third kappa shape index (κ3) is 3.42. The lowest BCUT2D eigenvalue weighted by Crippen LogP contribution is -2.26. The standard InChI is InChI=1S/C10H13N3O3S/c11-7-8-2-3-10(9(12)6-8)17(15,16)13-4-1-5-14/h2-3,6,13-14H,1,4-5,12H2. The normalized spacial score (nSPS) is 11.1. The number of nitrogen functional groups attached to an aromatic ring is 1. The van der Waals surface area contributed by atoms with Crippen molar-refractivity contribution in [3.05, 3.63) is 23.8 Å². The van der Waals surface area contributed by atoms with Gasteiger partial charge in [-0.2, -0.15) is 5.26 Å². The van der Waals surface area contributed by atoms with E-state index in [9.17, 15) is 8.42 Å². The minimum absolute atomic E-state index is 0.0283. The van der Waals surface area contributed by atoms with Crippen LogP contribution < -0.4 is 10.5 Å². The molecule has 92 valence electrons. The number of hydrogen-bond acceptors (Lipinski definition) is 5. The Labute approximate surface area is 99.7 Å². The number of hydrogen-bond donors (Lipinski definition) is 3. The molecule has 0 atom stereocenters. The first-order valence-corrected chi connectivity index (χ1v) is 6.39. The number of aliphatic hydroxyl groups excluding tert-OH is 1. The molecule has 0 aliphatic heterocycles. The Bertz CT molecular complexity index is 534. The average Bonchev–Trinajstić information content (AvgIpc) is 2.28. The molecule has 6 nitrogen and oxygen atoms in total. The van der Waals surface area contributed by atoms with Gasteiger partial charge in [-0.25, -0.2) is 13.1 Å². The fourth-order valence-corrected chi connectivity index (χ4v) is 2.41. The number of nitrogens with one attached hydrogen (secondary N) is 1. The second-order valence-electron chi connectivity index (χ2n) is 3.34. The highest BCUT2D eigenvalue weighted by Gasteiger charge is 2.16. The summed E-state index contributed by atoms with van der Waals surface area (Å²) in [5.41, 5.74) is 5.90. The predicted octanol–water partition coefficient (Wildman–Crippen LogP) is -0.199. The van der Waals surface area contributed by atoms with Crippen molar-refractivity contribution >= 4 is 15.7 Å². The number of nitrogens with two attached hydrogens (primary N) is 1. The third-order valence-corrected chi connectivity index (χ3v) is 3.59. The molecule has 0 saturated heterocycles. The van der Waals surface area contributed by atoms with E-state index in [0.717, 1.165) is 0 Å². The van der Waals surface area contributed by atoms with Gasteiger partial charge >= 0.3 is 0 Å². The number of benzene rings is 1. The van der Waals surface area contributed by atoms with Gasteiger partial charge < -0.3 is 10.8 Å². The van der Waals surface area contributed by atoms with Crippen LogP contribution in [-0.4, -0.2) is 26.7 Å². The van der Waals surface area contributed by atoms with Crippen LogP contribution in [0.3, 0.4) is 0 Å². The molecule has 0 amide bonds. The fraction of sp³-hybridized carbons (Fsp3) is 0.300. The van der Waals surface area contributed by atoms with E-state index in [2.05, 4.69) is 4.72 Å². The number of nitrogens with zero attached hydrogens (tertiary/aromatic N) is 1. The summed E-state index contributed by atoms with van der Waals surface area (Å²) in [4.78, 5) is -0.0607. The Morgan fingerprint density at radius 2 is 2.18 bits per heavy atom. The molecule has 1 aromatic rings. The first-order valence-electron chi connectivity index (χ1n) is 4.91. The van der Waals surface area contributed by atoms with Crippen molar-refractivity contribution < 1.29 is 13.5 Å². The van der Waals surface area contributed by atoms with Crippen LogP contribution in [-0.2, 0) is 10.0 Å². The molecule has 4 N–H and O–H groups in total. The van der Waals surface area contributed by atoms with Gasteiger partial charge in [-0.05, 0) is 24.6 Å². The van der Waals surface area contributed by atoms with Crippen LogP contribution >= 0.6 is 0 Å². The van der Waals surface area contributed by atoms with Crippen molar-refractivity contribution in [3.63, 3.8) is 0 Å². The topological polar surface area (TPSA) is 116 Å². The van der Waals surface area contributed by atoms with Gasteiger partial charge in [0.1, 0.15) is 4.90 Å². The van der Waals surface area contributed by atoms with Crippen LogP contribution in [0.1, 0.15) is 12.0 Å². The van der Waals surface area contributed by atoms with Gasteiger partial charge in [0.15, 0.2) is 0 Å². The molecule has 0 saturated carbocycles. The highest BCUT2D eigenvalue weighted by atomic mass is 32.2. The molecule has 0 bridgehead atoms. The zero-order valence-corrected chi connectivity index (χ0v) is 9.87. The van der Waals surface area contributed by atoms with Crippen molar-refractivity contribution in [3.8, 4) is 6.07 Å². The number of sulfonamides is 1. The van der Waals surface area contributed by atoms with Gasteiger partial charge in [0.05, 0.1) is 17.3 Å². The van der Waals surface area contributed by atoms with Crippen molar-refractivity contribution in [1.29, 1.82) is 5.26 Å². The van der Waals surface area contributed by atoms with Gasteiger partial charge in [-0.1, -0.05) is 0 Å². The lowest BCUT2D eigenvalue weighted by atomic mass is 10.2. The fourth-order valence-electron chi connectivity index (χ4n) is 1.23. The largest absolute Gasteiger partial charge is 0.398 e. The predicted molar refractivity (Wildman–Crippen MR) is 62.5 cm³/mol. The van der Waals surface area contributed by atoms with Crippen molar-refractivity contribution in [2.45, 2.75) is 11.3 Å². The van der Waals surface area contributed by atoms with E-state index in [0.29, 0.717) is 12.0 Å². The molecule has 7 heteroatoms. The zero-order chi connectivity index (χ0) is 12.9. The summed E-state index contributed by atoms with van der Waals surface area (Å²) >= 11 is 0. The quantitative estimate of drug-likeness (QED) is 0.497. The van der Waals surface area contributed by atoms with Crippen molar-refractivity contribution in [2.24, 2.45) is 0 Å². The Balaban J connectivity index is 2.96. The van der Waals surface area contributed by atoms with E-state index in [1.54, 1.807) is 0 Å². The summed E-state index contributed by atoms with van der Waals surface area (Å²) in [6.07, 6.45) is 0.329. The van der Waals surface area contributed by atoms with Crippen molar-refractivity contribution in [1.82, 2.24) is 4.72 Å². The number of rotatable bonds is 5. The van der Waals surface area contributed by atoms with Gasteiger partial charge in [-0.3, -0.25) is 0 Å². The van der Waals surface area contributed by atoms with E-state index in [4.69, 9.17) is 16.1 Å². The van der Waals surface area contributed by atoms with E-state index in [1.807, 2.05) is 6.07 Å². The summed E-state index contributed by atoms with van der Waals surface area (Å²) in [5, 5.41) is 17.2. The van der Waals surface area contributed by atoms with E-state index < -0.39 is 10.0 Å². The maximum atomic E-state index is 11.8. The first-order chi connectivity index (χ1) is 8.01. The molecule has 0 aromatic heterocycles. The number of aliphatic hydroxyl groups is 1. The van der Waals surface area contributed by atoms with E-state index >= 15 is 0 Å². The molecule has 17 heavy (non-hydrogen) atoms. The summed E-state index contributed by atoms with van der Waals surface area (Å²) in [6.45, 7) is 0.0453. The highest BCUT2D eigenvalue weighted by molar-refractivity contribution is 7.89.